The predicted octanol–water partition coefficient (Wildman–Crippen LogP) is 2.48. The Morgan fingerprint density at radius 1 is 1.41 bits per heavy atom. The van der Waals surface area contributed by atoms with Crippen LogP contribution in [0.3, 0.4) is 0 Å². The summed E-state index contributed by atoms with van der Waals surface area (Å²) in [7, 11) is 0. The molecule has 0 bridgehead atoms. The van der Waals surface area contributed by atoms with E-state index in [9.17, 15) is 4.79 Å². The van der Waals surface area contributed by atoms with Crippen molar-refractivity contribution in [1.29, 1.82) is 0 Å². The van der Waals surface area contributed by atoms with Gasteiger partial charge in [-0.1, -0.05) is 0 Å². The van der Waals surface area contributed by atoms with Gasteiger partial charge in [0.1, 0.15) is 5.75 Å². The molecule has 1 N–H and O–H groups in total. The Morgan fingerprint density at radius 3 is 2.91 bits per heavy atom. The van der Waals surface area contributed by atoms with Crippen LogP contribution in [0.15, 0.2) is 35.4 Å². The Labute approximate surface area is 134 Å². The maximum Gasteiger partial charge on any atom is 0.263 e. The van der Waals surface area contributed by atoms with Gasteiger partial charge in [-0.05, 0) is 37.4 Å². The van der Waals surface area contributed by atoms with Crippen LogP contribution in [0, 0.1) is 0 Å². The lowest BCUT2D eigenvalue weighted by molar-refractivity contribution is -0.138. The first kappa shape index (κ1) is 15.0. The molecular formula is C16H19N3O2S. The third-order valence-corrected chi connectivity index (χ3v) is 4.58. The van der Waals surface area contributed by atoms with E-state index in [1.807, 2.05) is 35.4 Å². The lowest BCUT2D eigenvalue weighted by atomic mass is 10.1. The highest BCUT2D eigenvalue weighted by atomic mass is 32.2. The SMILES string of the molecule is CSc1ccc(O[C@H](C)C(=O)N2CCc3[nH]ncc3C2)cc1. The van der Waals surface area contributed by atoms with Crippen LogP contribution in [0.25, 0.3) is 0 Å². The van der Waals surface area contributed by atoms with E-state index in [-0.39, 0.29) is 5.91 Å². The lowest BCUT2D eigenvalue weighted by Gasteiger charge is -2.29. The monoisotopic (exact) mass is 317 g/mol. The highest BCUT2D eigenvalue weighted by Crippen LogP contribution is 2.21. The van der Waals surface area contributed by atoms with Crippen LogP contribution in [0.4, 0.5) is 0 Å². The van der Waals surface area contributed by atoms with Gasteiger partial charge < -0.3 is 9.64 Å². The molecule has 0 saturated carbocycles. The largest absolute Gasteiger partial charge is 0.481 e. The molecule has 0 aliphatic carbocycles. The van der Waals surface area contributed by atoms with Gasteiger partial charge in [-0.15, -0.1) is 11.8 Å². The number of nitrogens with zero attached hydrogens (tertiary/aromatic N) is 2. The first-order chi connectivity index (χ1) is 10.7. The Balaban J connectivity index is 1.62. The Kier molecular flexibility index (Phi) is 4.38. The zero-order chi connectivity index (χ0) is 15.5. The molecule has 22 heavy (non-hydrogen) atoms. The Hall–Kier alpha value is -1.95. The molecule has 1 atom stereocenters. The van der Waals surface area contributed by atoms with Crippen molar-refractivity contribution in [2.24, 2.45) is 0 Å². The zero-order valence-electron chi connectivity index (χ0n) is 12.7. The van der Waals surface area contributed by atoms with Gasteiger partial charge in [-0.2, -0.15) is 5.10 Å². The first-order valence-corrected chi connectivity index (χ1v) is 8.50. The molecule has 6 heteroatoms. The van der Waals surface area contributed by atoms with Crippen LogP contribution in [0.1, 0.15) is 18.2 Å². The van der Waals surface area contributed by atoms with E-state index >= 15 is 0 Å². The number of H-pyrrole nitrogens is 1. The van der Waals surface area contributed by atoms with Crippen LogP contribution in [0.5, 0.6) is 5.75 Å². The maximum atomic E-state index is 12.5. The summed E-state index contributed by atoms with van der Waals surface area (Å²) in [4.78, 5) is 15.5. The average Bonchev–Trinajstić information content (AvgIpc) is 3.02. The fourth-order valence-electron chi connectivity index (χ4n) is 2.58. The number of rotatable bonds is 4. The number of amides is 1. The lowest BCUT2D eigenvalue weighted by Crippen LogP contribution is -2.43. The summed E-state index contributed by atoms with van der Waals surface area (Å²) in [6.45, 7) is 3.10. The van der Waals surface area contributed by atoms with Gasteiger partial charge in [-0.3, -0.25) is 9.89 Å². The number of nitrogens with one attached hydrogen (secondary N) is 1. The van der Waals surface area contributed by atoms with E-state index in [0.717, 1.165) is 23.4 Å². The molecule has 0 saturated heterocycles. The smallest absolute Gasteiger partial charge is 0.263 e. The third kappa shape index (κ3) is 3.11. The van der Waals surface area contributed by atoms with E-state index < -0.39 is 6.10 Å². The fourth-order valence-corrected chi connectivity index (χ4v) is 2.98. The minimum atomic E-state index is -0.492. The van der Waals surface area contributed by atoms with Crippen LogP contribution in [-0.2, 0) is 17.8 Å². The van der Waals surface area contributed by atoms with E-state index in [0.29, 0.717) is 13.1 Å². The molecule has 1 aliphatic heterocycles. The van der Waals surface area contributed by atoms with E-state index in [1.54, 1.807) is 24.9 Å². The Morgan fingerprint density at radius 2 is 2.18 bits per heavy atom. The van der Waals surface area contributed by atoms with E-state index in [2.05, 4.69) is 10.2 Å². The summed E-state index contributed by atoms with van der Waals surface area (Å²) in [6.07, 6.45) is 4.15. The van der Waals surface area contributed by atoms with Crippen molar-refractivity contribution in [3.8, 4) is 5.75 Å². The molecule has 2 aromatic rings. The number of ether oxygens (including phenoxy) is 1. The van der Waals surface area contributed by atoms with Crippen LogP contribution in [0.2, 0.25) is 0 Å². The molecule has 2 heterocycles. The molecule has 1 aliphatic rings. The number of fused-ring (bicyclic) bond motifs is 1. The predicted molar refractivity (Wildman–Crippen MR) is 86.0 cm³/mol. The normalized spacial score (nSPS) is 15.3. The van der Waals surface area contributed by atoms with Crippen molar-refractivity contribution < 1.29 is 9.53 Å². The van der Waals surface area contributed by atoms with Gasteiger partial charge >= 0.3 is 0 Å². The highest BCUT2D eigenvalue weighted by Gasteiger charge is 2.26. The molecule has 0 fully saturated rings. The quantitative estimate of drug-likeness (QED) is 0.880. The highest BCUT2D eigenvalue weighted by molar-refractivity contribution is 7.98. The van der Waals surface area contributed by atoms with Gasteiger partial charge in [0.2, 0.25) is 0 Å². The number of aromatic amines is 1. The molecule has 0 radical (unpaired) electrons. The summed E-state index contributed by atoms with van der Waals surface area (Å²) < 4.78 is 5.77. The minimum Gasteiger partial charge on any atom is -0.481 e. The molecule has 0 unspecified atom stereocenters. The number of benzene rings is 1. The molecule has 1 amide bonds. The zero-order valence-corrected chi connectivity index (χ0v) is 13.5. The molecular weight excluding hydrogens is 298 g/mol. The summed E-state index contributed by atoms with van der Waals surface area (Å²) in [5, 5.41) is 7.01. The standard InChI is InChI=1S/C16H19N3O2S/c1-11(21-13-3-5-14(22-2)6-4-13)16(20)19-8-7-15-12(10-19)9-17-18-15/h3-6,9,11H,7-8,10H2,1-2H3,(H,17,18)/t11-/m1/s1. The van der Waals surface area contributed by atoms with Crippen LogP contribution < -0.4 is 4.74 Å². The van der Waals surface area contributed by atoms with E-state index in [1.165, 1.54) is 4.90 Å². The van der Waals surface area contributed by atoms with Crippen molar-refractivity contribution in [3.05, 3.63) is 41.7 Å². The number of thioether (sulfide) groups is 1. The van der Waals surface area contributed by atoms with Crippen LogP contribution in [-0.4, -0.2) is 39.9 Å². The fraction of sp³-hybridized carbons (Fsp3) is 0.375. The second kappa shape index (κ2) is 6.44. The second-order valence-corrected chi connectivity index (χ2v) is 6.20. The molecule has 0 spiro atoms. The summed E-state index contributed by atoms with van der Waals surface area (Å²) in [5.41, 5.74) is 2.22. The van der Waals surface area contributed by atoms with Crippen molar-refractivity contribution in [2.75, 3.05) is 12.8 Å². The summed E-state index contributed by atoms with van der Waals surface area (Å²) in [6, 6.07) is 7.80. The van der Waals surface area contributed by atoms with Crippen molar-refractivity contribution in [1.82, 2.24) is 15.1 Å². The molecule has 116 valence electrons. The molecule has 3 rings (SSSR count). The summed E-state index contributed by atoms with van der Waals surface area (Å²) in [5.74, 6) is 0.737. The average molecular weight is 317 g/mol. The van der Waals surface area contributed by atoms with Crippen molar-refractivity contribution in [3.63, 3.8) is 0 Å². The van der Waals surface area contributed by atoms with E-state index in [4.69, 9.17) is 4.74 Å². The minimum absolute atomic E-state index is 0.0146. The topological polar surface area (TPSA) is 58.2 Å². The van der Waals surface area contributed by atoms with Gasteiger partial charge in [-0.25, -0.2) is 0 Å². The number of carbonyl (C=O) groups excluding carboxylic acids is 1. The molecule has 1 aromatic carbocycles. The summed E-state index contributed by atoms with van der Waals surface area (Å²) >= 11 is 1.68. The number of aromatic nitrogens is 2. The van der Waals surface area contributed by atoms with Crippen molar-refractivity contribution in [2.45, 2.75) is 30.9 Å². The Bertz CT molecular complexity index is 654. The third-order valence-electron chi connectivity index (χ3n) is 3.83. The van der Waals surface area contributed by atoms with Gasteiger partial charge in [0.05, 0.1) is 6.20 Å². The van der Waals surface area contributed by atoms with Gasteiger partial charge in [0.25, 0.3) is 5.91 Å². The van der Waals surface area contributed by atoms with Gasteiger partial charge in [0, 0.05) is 35.7 Å². The first-order valence-electron chi connectivity index (χ1n) is 7.28. The molecule has 5 nitrogen and oxygen atoms in total. The van der Waals surface area contributed by atoms with Gasteiger partial charge in [0.15, 0.2) is 6.10 Å². The number of hydrogen-bond donors (Lipinski definition) is 1. The number of carbonyl (C=O) groups is 1. The number of hydrogen-bond acceptors (Lipinski definition) is 4. The maximum absolute atomic E-state index is 12.5. The second-order valence-electron chi connectivity index (χ2n) is 5.32. The van der Waals surface area contributed by atoms with Crippen LogP contribution >= 0.6 is 11.8 Å². The molecule has 1 aromatic heterocycles. The van der Waals surface area contributed by atoms with Crippen molar-refractivity contribution >= 4 is 17.7 Å².